The first-order valence-corrected chi connectivity index (χ1v) is 8.54. The molecule has 0 aliphatic carbocycles. The molecule has 0 saturated heterocycles. The average molecular weight is 367 g/mol. The normalized spacial score (nSPS) is 10.5. The Labute approximate surface area is 157 Å². The largest absolute Gasteiger partial charge is 0.493 e. The number of fused-ring (bicyclic) bond motifs is 1. The monoisotopic (exact) mass is 367 g/mol. The zero-order chi connectivity index (χ0) is 19.4. The number of rotatable bonds is 6. The molecule has 6 nitrogen and oxygen atoms in total. The van der Waals surface area contributed by atoms with Crippen LogP contribution in [0.3, 0.4) is 0 Å². The average Bonchev–Trinajstić information content (AvgIpc) is 2.67. The van der Waals surface area contributed by atoms with Gasteiger partial charge in [-0.1, -0.05) is 12.1 Å². The first-order chi connectivity index (χ1) is 13.1. The molecule has 27 heavy (non-hydrogen) atoms. The van der Waals surface area contributed by atoms with E-state index in [0.717, 1.165) is 10.9 Å². The summed E-state index contributed by atoms with van der Waals surface area (Å²) in [5.41, 5.74) is 1.88. The van der Waals surface area contributed by atoms with Crippen molar-refractivity contribution in [3.05, 3.63) is 53.7 Å². The lowest BCUT2D eigenvalue weighted by Gasteiger charge is -2.15. The van der Waals surface area contributed by atoms with Gasteiger partial charge in [-0.25, -0.2) is 4.79 Å². The maximum absolute atomic E-state index is 12.4. The molecule has 0 saturated carbocycles. The Morgan fingerprint density at radius 2 is 1.74 bits per heavy atom. The number of carbonyl (C=O) groups excluding carboxylic acids is 1. The first-order valence-electron chi connectivity index (χ1n) is 8.54. The van der Waals surface area contributed by atoms with Crippen molar-refractivity contribution >= 4 is 16.9 Å². The fraction of sp³-hybridized carbons (Fsp3) is 0.238. The molecule has 140 valence electrons. The van der Waals surface area contributed by atoms with E-state index in [1.165, 1.54) is 0 Å². The van der Waals surface area contributed by atoms with Crippen LogP contribution in [0.2, 0.25) is 0 Å². The predicted octanol–water partition coefficient (Wildman–Crippen LogP) is 4.53. The predicted molar refractivity (Wildman–Crippen MR) is 102 cm³/mol. The number of ether oxygens (including phenoxy) is 4. The zero-order valence-corrected chi connectivity index (χ0v) is 15.7. The molecule has 0 aliphatic heterocycles. The van der Waals surface area contributed by atoms with Crippen molar-refractivity contribution in [1.82, 2.24) is 4.98 Å². The summed E-state index contributed by atoms with van der Waals surface area (Å²) in [7, 11) is 3.14. The summed E-state index contributed by atoms with van der Waals surface area (Å²) in [6.07, 6.45) is 1.64. The Morgan fingerprint density at radius 1 is 1.00 bits per heavy atom. The standard InChI is InChI=1S/C21H21NO5/c1-5-26-21(23)20-13(2)7-6-8-17(20)27-16-9-10-22-15-12-19(25-4)18(24-3)11-14(15)16/h6-12H,5H2,1-4H3. The van der Waals surface area contributed by atoms with Crippen LogP contribution in [-0.2, 0) is 4.74 Å². The lowest BCUT2D eigenvalue weighted by Crippen LogP contribution is -2.08. The molecule has 1 aromatic heterocycles. The number of methoxy groups -OCH3 is 2. The number of esters is 1. The first kappa shape index (κ1) is 18.5. The van der Waals surface area contributed by atoms with E-state index in [9.17, 15) is 4.79 Å². The summed E-state index contributed by atoms with van der Waals surface area (Å²) < 4.78 is 22.0. The summed E-state index contributed by atoms with van der Waals surface area (Å²) in [4.78, 5) is 16.7. The molecule has 3 rings (SSSR count). The second kappa shape index (κ2) is 7.95. The van der Waals surface area contributed by atoms with Crippen molar-refractivity contribution in [2.24, 2.45) is 0 Å². The quantitative estimate of drug-likeness (QED) is 0.596. The second-order valence-corrected chi connectivity index (χ2v) is 5.80. The van der Waals surface area contributed by atoms with Crippen LogP contribution in [0.1, 0.15) is 22.8 Å². The highest BCUT2D eigenvalue weighted by atomic mass is 16.5. The number of hydrogen-bond donors (Lipinski definition) is 0. The van der Waals surface area contributed by atoms with Crippen LogP contribution in [0.25, 0.3) is 10.9 Å². The lowest BCUT2D eigenvalue weighted by molar-refractivity contribution is 0.0522. The highest BCUT2D eigenvalue weighted by molar-refractivity contribution is 5.95. The summed E-state index contributed by atoms with van der Waals surface area (Å²) in [5, 5.41) is 0.742. The van der Waals surface area contributed by atoms with Gasteiger partial charge in [0.1, 0.15) is 17.1 Å². The fourth-order valence-corrected chi connectivity index (χ4v) is 2.85. The van der Waals surface area contributed by atoms with Crippen LogP contribution in [-0.4, -0.2) is 31.8 Å². The second-order valence-electron chi connectivity index (χ2n) is 5.80. The minimum absolute atomic E-state index is 0.293. The number of benzene rings is 2. The topological polar surface area (TPSA) is 66.9 Å². The molecule has 0 fully saturated rings. The summed E-state index contributed by atoms with van der Waals surface area (Å²) >= 11 is 0. The summed E-state index contributed by atoms with van der Waals surface area (Å²) in [5.74, 6) is 1.71. The van der Waals surface area contributed by atoms with Gasteiger partial charge in [-0.3, -0.25) is 4.98 Å². The van der Waals surface area contributed by atoms with Crippen LogP contribution in [0.15, 0.2) is 42.6 Å². The summed E-state index contributed by atoms with van der Waals surface area (Å²) in [6, 6.07) is 10.7. The van der Waals surface area contributed by atoms with Crippen molar-refractivity contribution < 1.29 is 23.7 Å². The number of aromatic nitrogens is 1. The van der Waals surface area contributed by atoms with E-state index in [2.05, 4.69) is 4.98 Å². The smallest absolute Gasteiger partial charge is 0.342 e. The Morgan fingerprint density at radius 3 is 2.44 bits per heavy atom. The van der Waals surface area contributed by atoms with Gasteiger partial charge in [-0.2, -0.15) is 0 Å². The maximum atomic E-state index is 12.4. The Kier molecular flexibility index (Phi) is 5.45. The zero-order valence-electron chi connectivity index (χ0n) is 15.7. The Bertz CT molecular complexity index is 984. The van der Waals surface area contributed by atoms with Gasteiger partial charge in [0.05, 0.1) is 26.3 Å². The third-order valence-electron chi connectivity index (χ3n) is 4.14. The maximum Gasteiger partial charge on any atom is 0.342 e. The Hall–Kier alpha value is -3.28. The van der Waals surface area contributed by atoms with Gasteiger partial charge in [-0.15, -0.1) is 0 Å². The molecule has 0 spiro atoms. The minimum atomic E-state index is -0.414. The highest BCUT2D eigenvalue weighted by Crippen LogP contribution is 2.37. The number of hydrogen-bond acceptors (Lipinski definition) is 6. The van der Waals surface area contributed by atoms with Gasteiger partial charge < -0.3 is 18.9 Å². The molecule has 0 bridgehead atoms. The molecule has 2 aromatic carbocycles. The van der Waals surface area contributed by atoms with Gasteiger partial charge in [-0.05, 0) is 37.6 Å². The molecule has 1 heterocycles. The molecule has 0 radical (unpaired) electrons. The molecular weight excluding hydrogens is 346 g/mol. The van der Waals surface area contributed by atoms with E-state index >= 15 is 0 Å². The number of aryl methyl sites for hydroxylation is 1. The van der Waals surface area contributed by atoms with E-state index in [-0.39, 0.29) is 0 Å². The minimum Gasteiger partial charge on any atom is -0.493 e. The summed E-state index contributed by atoms with van der Waals surface area (Å²) in [6.45, 7) is 3.91. The van der Waals surface area contributed by atoms with Crippen LogP contribution < -0.4 is 14.2 Å². The van der Waals surface area contributed by atoms with Gasteiger partial charge >= 0.3 is 5.97 Å². The van der Waals surface area contributed by atoms with Crippen molar-refractivity contribution in [1.29, 1.82) is 0 Å². The third kappa shape index (κ3) is 3.65. The third-order valence-corrected chi connectivity index (χ3v) is 4.14. The van der Waals surface area contributed by atoms with Crippen LogP contribution in [0, 0.1) is 6.92 Å². The van der Waals surface area contributed by atoms with E-state index in [0.29, 0.717) is 40.7 Å². The SMILES string of the molecule is CCOC(=O)c1c(C)cccc1Oc1ccnc2cc(OC)c(OC)cc12. The number of pyridine rings is 1. The van der Waals surface area contributed by atoms with Gasteiger partial charge in [0.2, 0.25) is 0 Å². The molecule has 0 amide bonds. The van der Waals surface area contributed by atoms with Crippen LogP contribution >= 0.6 is 0 Å². The van der Waals surface area contributed by atoms with E-state index in [1.54, 1.807) is 51.6 Å². The van der Waals surface area contributed by atoms with Gasteiger partial charge in [0.15, 0.2) is 11.5 Å². The van der Waals surface area contributed by atoms with Gasteiger partial charge in [0, 0.05) is 17.6 Å². The van der Waals surface area contributed by atoms with E-state index < -0.39 is 5.97 Å². The lowest BCUT2D eigenvalue weighted by atomic mass is 10.1. The van der Waals surface area contributed by atoms with Crippen molar-refractivity contribution in [3.8, 4) is 23.0 Å². The van der Waals surface area contributed by atoms with Crippen molar-refractivity contribution in [2.45, 2.75) is 13.8 Å². The molecular formula is C21H21NO5. The highest BCUT2D eigenvalue weighted by Gasteiger charge is 2.18. The van der Waals surface area contributed by atoms with Crippen molar-refractivity contribution in [2.75, 3.05) is 20.8 Å². The molecule has 6 heteroatoms. The van der Waals surface area contributed by atoms with Crippen LogP contribution in [0.5, 0.6) is 23.0 Å². The molecule has 0 atom stereocenters. The number of carbonyl (C=O) groups is 1. The molecule has 0 N–H and O–H groups in total. The fourth-order valence-electron chi connectivity index (χ4n) is 2.85. The molecule has 0 unspecified atom stereocenters. The van der Waals surface area contributed by atoms with E-state index in [4.69, 9.17) is 18.9 Å². The van der Waals surface area contributed by atoms with Crippen LogP contribution in [0.4, 0.5) is 0 Å². The Balaban J connectivity index is 2.10. The van der Waals surface area contributed by atoms with Crippen molar-refractivity contribution in [3.63, 3.8) is 0 Å². The molecule has 0 aliphatic rings. The van der Waals surface area contributed by atoms with Gasteiger partial charge in [0.25, 0.3) is 0 Å². The number of nitrogens with zero attached hydrogens (tertiary/aromatic N) is 1. The molecule has 3 aromatic rings. The van der Waals surface area contributed by atoms with E-state index in [1.807, 2.05) is 19.1 Å².